The molecule has 1 heterocycles. The van der Waals surface area contributed by atoms with E-state index in [0.717, 1.165) is 17.8 Å². The van der Waals surface area contributed by atoms with Gasteiger partial charge in [0.1, 0.15) is 5.82 Å². The van der Waals surface area contributed by atoms with E-state index in [1.165, 1.54) is 0 Å². The molecular weight excluding hydrogens is 290 g/mol. The molecule has 1 aromatic carbocycles. The molecule has 0 bridgehead atoms. The molecule has 21 heavy (non-hydrogen) atoms. The van der Waals surface area contributed by atoms with Gasteiger partial charge in [0.05, 0.1) is 25.3 Å². The van der Waals surface area contributed by atoms with Gasteiger partial charge < -0.3 is 19.8 Å². The highest BCUT2D eigenvalue weighted by Gasteiger charge is 2.14. The lowest BCUT2D eigenvalue weighted by molar-refractivity contribution is 0.354. The normalized spacial score (nSPS) is 12.2. The van der Waals surface area contributed by atoms with Crippen LogP contribution in [-0.2, 0) is 6.54 Å². The van der Waals surface area contributed by atoms with Crippen molar-refractivity contribution in [1.29, 1.82) is 0 Å². The maximum absolute atomic E-state index is 6.21. The third kappa shape index (κ3) is 3.68. The van der Waals surface area contributed by atoms with Crippen LogP contribution in [0.1, 0.15) is 30.8 Å². The summed E-state index contributed by atoms with van der Waals surface area (Å²) in [5.41, 5.74) is 1.03. The number of aromatic amines is 1. The Morgan fingerprint density at radius 3 is 2.71 bits per heavy atom. The first-order valence-electron chi connectivity index (χ1n) is 6.82. The van der Waals surface area contributed by atoms with E-state index in [4.69, 9.17) is 21.1 Å². The number of rotatable bonds is 7. The Balaban J connectivity index is 2.11. The predicted octanol–water partition coefficient (Wildman–Crippen LogP) is 3.32. The van der Waals surface area contributed by atoms with Gasteiger partial charge in [-0.3, -0.25) is 0 Å². The van der Waals surface area contributed by atoms with Crippen molar-refractivity contribution in [2.45, 2.75) is 25.9 Å². The van der Waals surface area contributed by atoms with Gasteiger partial charge >= 0.3 is 0 Å². The SMILES string of the molecule is CCC(NCc1cc(Cl)c(OC)c(OC)c1)c1ncc[nH]1. The van der Waals surface area contributed by atoms with Crippen molar-refractivity contribution in [3.8, 4) is 11.5 Å². The Kier molecular flexibility index (Phi) is 5.47. The average Bonchev–Trinajstić information content (AvgIpc) is 3.01. The molecule has 0 saturated heterocycles. The van der Waals surface area contributed by atoms with Crippen LogP contribution < -0.4 is 14.8 Å². The van der Waals surface area contributed by atoms with Gasteiger partial charge in [-0.1, -0.05) is 18.5 Å². The van der Waals surface area contributed by atoms with Gasteiger partial charge in [-0.2, -0.15) is 0 Å². The van der Waals surface area contributed by atoms with E-state index < -0.39 is 0 Å². The number of ether oxygens (including phenoxy) is 2. The van der Waals surface area contributed by atoms with E-state index in [1.54, 1.807) is 20.4 Å². The number of nitrogens with zero attached hydrogens (tertiary/aromatic N) is 1. The highest BCUT2D eigenvalue weighted by Crippen LogP contribution is 2.36. The monoisotopic (exact) mass is 309 g/mol. The summed E-state index contributed by atoms with van der Waals surface area (Å²) in [4.78, 5) is 7.42. The summed E-state index contributed by atoms with van der Waals surface area (Å²) in [7, 11) is 3.18. The van der Waals surface area contributed by atoms with Crippen molar-refractivity contribution >= 4 is 11.6 Å². The fourth-order valence-corrected chi connectivity index (χ4v) is 2.53. The molecule has 0 aliphatic heterocycles. The average molecular weight is 310 g/mol. The van der Waals surface area contributed by atoms with Crippen molar-refractivity contribution in [2.24, 2.45) is 0 Å². The summed E-state index contributed by atoms with van der Waals surface area (Å²) in [6.07, 6.45) is 4.52. The third-order valence-electron chi connectivity index (χ3n) is 3.30. The highest BCUT2D eigenvalue weighted by molar-refractivity contribution is 6.32. The van der Waals surface area contributed by atoms with E-state index in [2.05, 4.69) is 22.2 Å². The molecule has 0 aliphatic carbocycles. The van der Waals surface area contributed by atoms with Crippen LogP contribution in [0.15, 0.2) is 24.5 Å². The van der Waals surface area contributed by atoms with Gasteiger partial charge in [0, 0.05) is 18.9 Å². The molecule has 0 fully saturated rings. The van der Waals surface area contributed by atoms with E-state index in [1.807, 2.05) is 18.3 Å². The van der Waals surface area contributed by atoms with Crippen molar-refractivity contribution < 1.29 is 9.47 Å². The van der Waals surface area contributed by atoms with Gasteiger partial charge in [0.15, 0.2) is 11.5 Å². The molecule has 6 heteroatoms. The van der Waals surface area contributed by atoms with Crippen molar-refractivity contribution in [3.63, 3.8) is 0 Å². The fraction of sp³-hybridized carbons (Fsp3) is 0.400. The van der Waals surface area contributed by atoms with Crippen LogP contribution in [0.5, 0.6) is 11.5 Å². The largest absolute Gasteiger partial charge is 0.493 e. The summed E-state index contributed by atoms with van der Waals surface area (Å²) < 4.78 is 10.5. The number of hydrogen-bond acceptors (Lipinski definition) is 4. The molecule has 0 spiro atoms. The van der Waals surface area contributed by atoms with Crippen LogP contribution in [0, 0.1) is 0 Å². The second-order valence-electron chi connectivity index (χ2n) is 4.63. The predicted molar refractivity (Wildman–Crippen MR) is 83.0 cm³/mol. The zero-order valence-electron chi connectivity index (χ0n) is 12.4. The van der Waals surface area contributed by atoms with Crippen LogP contribution in [0.3, 0.4) is 0 Å². The number of benzene rings is 1. The number of imidazole rings is 1. The Morgan fingerprint density at radius 2 is 2.14 bits per heavy atom. The Bertz CT molecular complexity index is 573. The van der Waals surface area contributed by atoms with Crippen LogP contribution >= 0.6 is 11.6 Å². The number of nitrogens with one attached hydrogen (secondary N) is 2. The van der Waals surface area contributed by atoms with Gasteiger partial charge in [-0.15, -0.1) is 0 Å². The molecule has 2 aromatic rings. The molecule has 114 valence electrons. The molecule has 0 radical (unpaired) electrons. The molecule has 2 N–H and O–H groups in total. The minimum Gasteiger partial charge on any atom is -0.493 e. The Hall–Kier alpha value is -1.72. The van der Waals surface area contributed by atoms with Crippen molar-refractivity contribution in [3.05, 3.63) is 40.9 Å². The zero-order chi connectivity index (χ0) is 15.2. The van der Waals surface area contributed by atoms with Gasteiger partial charge in [-0.25, -0.2) is 4.98 Å². The van der Waals surface area contributed by atoms with Gasteiger partial charge in [0.25, 0.3) is 0 Å². The molecule has 1 unspecified atom stereocenters. The third-order valence-corrected chi connectivity index (χ3v) is 3.58. The Labute approximate surface area is 129 Å². The number of aromatic nitrogens is 2. The molecule has 1 atom stereocenters. The quantitative estimate of drug-likeness (QED) is 0.823. The molecule has 2 rings (SSSR count). The van der Waals surface area contributed by atoms with Gasteiger partial charge in [0.2, 0.25) is 0 Å². The lowest BCUT2D eigenvalue weighted by atomic mass is 10.1. The Morgan fingerprint density at radius 1 is 1.33 bits per heavy atom. The number of halogens is 1. The minimum atomic E-state index is 0.173. The lowest BCUT2D eigenvalue weighted by Crippen LogP contribution is -2.21. The first-order valence-corrected chi connectivity index (χ1v) is 7.20. The molecule has 1 aromatic heterocycles. The smallest absolute Gasteiger partial charge is 0.179 e. The standard InChI is InChI=1S/C15H20ClN3O2/c1-4-12(15-17-5-6-18-15)19-9-10-7-11(16)14(21-3)13(8-10)20-2/h5-8,12,19H,4,9H2,1-3H3,(H,17,18). The summed E-state index contributed by atoms with van der Waals surface area (Å²) in [6.45, 7) is 2.78. The number of hydrogen-bond donors (Lipinski definition) is 2. The molecule has 0 amide bonds. The summed E-state index contributed by atoms with van der Waals surface area (Å²) in [5, 5.41) is 4.00. The number of methoxy groups -OCH3 is 2. The summed E-state index contributed by atoms with van der Waals surface area (Å²) >= 11 is 6.21. The maximum Gasteiger partial charge on any atom is 0.179 e. The van der Waals surface area contributed by atoms with Crippen LogP contribution in [-0.4, -0.2) is 24.2 Å². The second-order valence-corrected chi connectivity index (χ2v) is 5.04. The zero-order valence-corrected chi connectivity index (χ0v) is 13.2. The van der Waals surface area contributed by atoms with E-state index in [9.17, 15) is 0 Å². The lowest BCUT2D eigenvalue weighted by Gasteiger charge is -2.16. The van der Waals surface area contributed by atoms with E-state index in [-0.39, 0.29) is 6.04 Å². The minimum absolute atomic E-state index is 0.173. The van der Waals surface area contributed by atoms with E-state index in [0.29, 0.717) is 23.1 Å². The highest BCUT2D eigenvalue weighted by atomic mass is 35.5. The molecule has 0 saturated carbocycles. The first-order chi connectivity index (χ1) is 10.2. The first kappa shape index (κ1) is 15.7. The second kappa shape index (κ2) is 7.33. The van der Waals surface area contributed by atoms with E-state index >= 15 is 0 Å². The number of H-pyrrole nitrogens is 1. The van der Waals surface area contributed by atoms with Gasteiger partial charge in [-0.05, 0) is 24.1 Å². The summed E-state index contributed by atoms with van der Waals surface area (Å²) in [5.74, 6) is 2.12. The summed E-state index contributed by atoms with van der Waals surface area (Å²) in [6, 6.07) is 3.98. The van der Waals surface area contributed by atoms with Crippen LogP contribution in [0.2, 0.25) is 5.02 Å². The topological polar surface area (TPSA) is 59.2 Å². The van der Waals surface area contributed by atoms with Crippen molar-refractivity contribution in [1.82, 2.24) is 15.3 Å². The maximum atomic E-state index is 6.21. The molecule has 0 aliphatic rings. The fourth-order valence-electron chi connectivity index (χ4n) is 2.22. The molecule has 5 nitrogen and oxygen atoms in total. The molecular formula is C15H20ClN3O2. The van der Waals surface area contributed by atoms with Crippen LogP contribution in [0.25, 0.3) is 0 Å². The van der Waals surface area contributed by atoms with Crippen LogP contribution in [0.4, 0.5) is 0 Å². The van der Waals surface area contributed by atoms with Crippen molar-refractivity contribution in [2.75, 3.05) is 14.2 Å².